The number of halogens is 1. The SMILES string of the molecule is O=C(CSCc1ccccc1Cl)Nc1ccc(S(=O)(=O)Nc2cccc3ccccc23)cc1. The minimum Gasteiger partial charge on any atom is -0.325 e. The molecule has 33 heavy (non-hydrogen) atoms. The van der Waals surface area contributed by atoms with Gasteiger partial charge in [0, 0.05) is 21.8 Å². The number of amides is 1. The van der Waals surface area contributed by atoms with Crippen LogP contribution in [0.4, 0.5) is 11.4 Å². The molecule has 0 saturated heterocycles. The lowest BCUT2D eigenvalue weighted by atomic mass is 10.1. The van der Waals surface area contributed by atoms with E-state index in [9.17, 15) is 13.2 Å². The first-order valence-electron chi connectivity index (χ1n) is 10.1. The Labute approximate surface area is 202 Å². The van der Waals surface area contributed by atoms with Crippen LogP contribution in [0.1, 0.15) is 5.56 Å². The lowest BCUT2D eigenvalue weighted by Gasteiger charge is -2.11. The second-order valence-electron chi connectivity index (χ2n) is 7.29. The van der Waals surface area contributed by atoms with E-state index in [1.807, 2.05) is 60.7 Å². The molecule has 0 saturated carbocycles. The van der Waals surface area contributed by atoms with Crippen LogP contribution < -0.4 is 10.0 Å². The topological polar surface area (TPSA) is 75.3 Å². The third-order valence-corrected chi connectivity index (χ3v) is 7.66. The summed E-state index contributed by atoms with van der Waals surface area (Å²) in [7, 11) is -3.78. The maximum Gasteiger partial charge on any atom is 0.261 e. The van der Waals surface area contributed by atoms with Gasteiger partial charge in [0.1, 0.15) is 0 Å². The summed E-state index contributed by atoms with van der Waals surface area (Å²) in [6.07, 6.45) is 0. The van der Waals surface area contributed by atoms with Crippen molar-refractivity contribution in [3.63, 3.8) is 0 Å². The largest absolute Gasteiger partial charge is 0.325 e. The molecule has 0 heterocycles. The fourth-order valence-electron chi connectivity index (χ4n) is 3.30. The van der Waals surface area contributed by atoms with Crippen molar-refractivity contribution < 1.29 is 13.2 Å². The normalized spacial score (nSPS) is 11.3. The van der Waals surface area contributed by atoms with E-state index < -0.39 is 10.0 Å². The zero-order valence-electron chi connectivity index (χ0n) is 17.5. The minimum absolute atomic E-state index is 0.113. The molecule has 0 aromatic heterocycles. The lowest BCUT2D eigenvalue weighted by Crippen LogP contribution is -2.15. The fraction of sp³-hybridized carbons (Fsp3) is 0.0800. The van der Waals surface area contributed by atoms with Gasteiger partial charge >= 0.3 is 0 Å². The van der Waals surface area contributed by atoms with Crippen molar-refractivity contribution in [2.45, 2.75) is 10.6 Å². The highest BCUT2D eigenvalue weighted by Gasteiger charge is 2.16. The maximum absolute atomic E-state index is 12.9. The van der Waals surface area contributed by atoms with E-state index >= 15 is 0 Å². The quantitative estimate of drug-likeness (QED) is 0.306. The van der Waals surface area contributed by atoms with Crippen molar-refractivity contribution in [1.82, 2.24) is 0 Å². The molecule has 0 spiro atoms. The van der Waals surface area contributed by atoms with Crippen LogP contribution in [-0.2, 0) is 20.6 Å². The lowest BCUT2D eigenvalue weighted by molar-refractivity contribution is -0.113. The van der Waals surface area contributed by atoms with E-state index in [0.717, 1.165) is 16.3 Å². The highest BCUT2D eigenvalue weighted by molar-refractivity contribution is 7.99. The zero-order chi connectivity index (χ0) is 23.3. The molecule has 0 atom stereocenters. The van der Waals surface area contributed by atoms with Crippen LogP contribution in [0.5, 0.6) is 0 Å². The fourth-order valence-corrected chi connectivity index (χ4v) is 5.49. The third kappa shape index (κ3) is 5.87. The molecule has 0 bridgehead atoms. The predicted molar refractivity (Wildman–Crippen MR) is 137 cm³/mol. The van der Waals surface area contributed by atoms with Gasteiger partial charge < -0.3 is 5.32 Å². The minimum atomic E-state index is -3.78. The Morgan fingerprint density at radius 1 is 0.848 bits per heavy atom. The van der Waals surface area contributed by atoms with Crippen molar-refractivity contribution >= 4 is 61.4 Å². The molecule has 4 aromatic rings. The smallest absolute Gasteiger partial charge is 0.261 e. The van der Waals surface area contributed by atoms with Gasteiger partial charge in [-0.15, -0.1) is 11.8 Å². The highest BCUT2D eigenvalue weighted by Crippen LogP contribution is 2.26. The van der Waals surface area contributed by atoms with E-state index in [4.69, 9.17) is 11.6 Å². The Kier molecular flexibility index (Phi) is 7.23. The molecule has 4 rings (SSSR count). The number of fused-ring (bicyclic) bond motifs is 1. The summed E-state index contributed by atoms with van der Waals surface area (Å²) in [5.41, 5.74) is 2.02. The number of hydrogen-bond donors (Lipinski definition) is 2. The van der Waals surface area contributed by atoms with Crippen molar-refractivity contribution in [3.05, 3.63) is 102 Å². The van der Waals surface area contributed by atoms with Gasteiger partial charge in [0.25, 0.3) is 10.0 Å². The predicted octanol–water partition coefficient (Wildman–Crippen LogP) is 6.17. The molecule has 0 radical (unpaired) electrons. The Morgan fingerprint density at radius 3 is 2.33 bits per heavy atom. The first kappa shape index (κ1) is 23.2. The molecular weight excluding hydrogens is 476 g/mol. The van der Waals surface area contributed by atoms with Gasteiger partial charge in [-0.25, -0.2) is 8.42 Å². The van der Waals surface area contributed by atoms with Crippen LogP contribution in [0.2, 0.25) is 5.02 Å². The monoisotopic (exact) mass is 496 g/mol. The summed E-state index contributed by atoms with van der Waals surface area (Å²) < 4.78 is 28.4. The average Bonchev–Trinajstić information content (AvgIpc) is 2.81. The summed E-state index contributed by atoms with van der Waals surface area (Å²) in [4.78, 5) is 12.4. The first-order valence-corrected chi connectivity index (χ1v) is 13.2. The van der Waals surface area contributed by atoms with Crippen LogP contribution in [-0.4, -0.2) is 20.1 Å². The number of anilines is 2. The number of nitrogens with one attached hydrogen (secondary N) is 2. The number of thioether (sulfide) groups is 1. The number of sulfonamides is 1. The van der Waals surface area contributed by atoms with Gasteiger partial charge in [0.15, 0.2) is 0 Å². The summed E-state index contributed by atoms with van der Waals surface area (Å²) in [6.45, 7) is 0. The standard InChI is InChI=1S/C25H21ClN2O3S2/c26-23-10-4-2-7-19(23)16-32-17-25(29)27-20-12-14-21(15-13-20)33(30,31)28-24-11-5-8-18-6-1-3-9-22(18)24/h1-15,28H,16-17H2,(H,27,29). The molecule has 0 aliphatic carbocycles. The second kappa shape index (κ2) is 10.3. The summed E-state index contributed by atoms with van der Waals surface area (Å²) in [5.74, 6) is 0.717. The van der Waals surface area contributed by atoms with E-state index in [2.05, 4.69) is 10.0 Å². The Morgan fingerprint density at radius 2 is 1.55 bits per heavy atom. The zero-order valence-corrected chi connectivity index (χ0v) is 19.9. The number of carbonyl (C=O) groups is 1. The van der Waals surface area contributed by atoms with Crippen LogP contribution in [0.25, 0.3) is 10.8 Å². The Bertz CT molecular complexity index is 1390. The molecule has 5 nitrogen and oxygen atoms in total. The molecule has 0 aliphatic rings. The first-order chi connectivity index (χ1) is 15.9. The average molecular weight is 497 g/mol. The summed E-state index contributed by atoms with van der Waals surface area (Å²) in [5, 5.41) is 5.24. The van der Waals surface area contributed by atoms with E-state index in [1.54, 1.807) is 18.2 Å². The molecule has 0 fully saturated rings. The van der Waals surface area contributed by atoms with E-state index in [0.29, 0.717) is 22.2 Å². The highest BCUT2D eigenvalue weighted by atomic mass is 35.5. The van der Waals surface area contributed by atoms with Crippen molar-refractivity contribution in [1.29, 1.82) is 0 Å². The second-order valence-corrected chi connectivity index (χ2v) is 10.4. The molecule has 8 heteroatoms. The van der Waals surface area contributed by atoms with Gasteiger partial charge in [-0.1, -0.05) is 66.2 Å². The van der Waals surface area contributed by atoms with Crippen LogP contribution in [0.15, 0.2) is 95.9 Å². The van der Waals surface area contributed by atoms with Crippen LogP contribution in [0.3, 0.4) is 0 Å². The Hall–Kier alpha value is -3.00. The molecule has 2 N–H and O–H groups in total. The number of carbonyl (C=O) groups excluding carboxylic acids is 1. The summed E-state index contributed by atoms with van der Waals surface area (Å²) in [6, 6.07) is 26.7. The third-order valence-electron chi connectivity index (χ3n) is 4.93. The number of benzene rings is 4. The Balaban J connectivity index is 1.37. The van der Waals surface area contributed by atoms with E-state index in [-0.39, 0.29) is 16.6 Å². The van der Waals surface area contributed by atoms with Gasteiger partial charge in [0.05, 0.1) is 16.3 Å². The van der Waals surface area contributed by atoms with Gasteiger partial charge in [-0.05, 0) is 47.3 Å². The molecule has 1 amide bonds. The van der Waals surface area contributed by atoms with Gasteiger partial charge in [0.2, 0.25) is 5.91 Å². The molecule has 0 unspecified atom stereocenters. The molecule has 4 aromatic carbocycles. The van der Waals surface area contributed by atoms with Crippen LogP contribution >= 0.6 is 23.4 Å². The molecular formula is C25H21ClN2O3S2. The van der Waals surface area contributed by atoms with Crippen molar-refractivity contribution in [3.8, 4) is 0 Å². The molecule has 168 valence electrons. The molecule has 0 aliphatic heterocycles. The summed E-state index contributed by atoms with van der Waals surface area (Å²) >= 11 is 7.59. The van der Waals surface area contributed by atoms with Crippen LogP contribution in [0, 0.1) is 0 Å². The van der Waals surface area contributed by atoms with Crippen molar-refractivity contribution in [2.75, 3.05) is 15.8 Å². The van der Waals surface area contributed by atoms with Gasteiger partial charge in [-0.2, -0.15) is 0 Å². The number of hydrogen-bond acceptors (Lipinski definition) is 4. The van der Waals surface area contributed by atoms with Gasteiger partial charge in [-0.3, -0.25) is 9.52 Å². The van der Waals surface area contributed by atoms with Crippen molar-refractivity contribution in [2.24, 2.45) is 0 Å². The number of rotatable bonds is 8. The maximum atomic E-state index is 12.9. The van der Waals surface area contributed by atoms with E-state index in [1.165, 1.54) is 23.9 Å².